The number of carbonyl (C=O) groups is 3. The molecule has 0 spiro atoms. The summed E-state index contributed by atoms with van der Waals surface area (Å²) in [5.74, 6) is -1.20. The lowest BCUT2D eigenvalue weighted by Crippen LogP contribution is -2.51. The number of carboxylic acid groups (broad SMARTS) is 1. The van der Waals surface area contributed by atoms with E-state index < -0.39 is 5.97 Å². The SMILES string of the molecule is CCN(C(=O)c1c(CN2CCN(CC(=O)O)C(=O)C2)c(-c2cccs2)nc2ccccc12)C1CCCCC1. The van der Waals surface area contributed by atoms with Crippen molar-refractivity contribution in [2.45, 2.75) is 51.6 Å². The molecule has 1 N–H and O–H groups in total. The average molecular weight is 535 g/mol. The zero-order valence-electron chi connectivity index (χ0n) is 21.8. The number of pyridine rings is 1. The van der Waals surface area contributed by atoms with E-state index >= 15 is 0 Å². The number of thiophene rings is 1. The second-order valence-corrected chi connectivity index (χ2v) is 11.1. The smallest absolute Gasteiger partial charge is 0.323 e. The van der Waals surface area contributed by atoms with Crippen LogP contribution in [-0.2, 0) is 16.1 Å². The number of aromatic nitrogens is 1. The second kappa shape index (κ2) is 11.6. The van der Waals surface area contributed by atoms with E-state index in [0.29, 0.717) is 31.7 Å². The maximum absolute atomic E-state index is 14.5. The lowest BCUT2D eigenvalue weighted by atomic mass is 9.92. The number of aliphatic carboxylic acids is 1. The van der Waals surface area contributed by atoms with E-state index in [1.807, 2.05) is 51.6 Å². The standard InChI is InChI=1S/C29H34N4O4S/c1-2-33(20-9-4-3-5-10-20)29(37)27-21-11-6-7-12-23(21)30-28(24-13-8-16-38-24)22(27)17-31-14-15-32(19-26(35)36)25(34)18-31/h6-8,11-13,16,20H,2-5,9-10,14-15,17-19H2,1H3,(H,35,36). The van der Waals surface area contributed by atoms with Crippen molar-refractivity contribution in [3.05, 3.63) is 52.9 Å². The number of amides is 2. The lowest BCUT2D eigenvalue weighted by Gasteiger charge is -2.36. The van der Waals surface area contributed by atoms with Gasteiger partial charge in [0.15, 0.2) is 0 Å². The van der Waals surface area contributed by atoms with E-state index in [2.05, 4.69) is 6.92 Å². The van der Waals surface area contributed by atoms with Crippen LogP contribution in [0, 0.1) is 0 Å². The highest BCUT2D eigenvalue weighted by Gasteiger charge is 2.32. The molecular formula is C29H34N4O4S. The Bertz CT molecular complexity index is 1320. The van der Waals surface area contributed by atoms with E-state index in [1.165, 1.54) is 11.3 Å². The van der Waals surface area contributed by atoms with Gasteiger partial charge in [-0.25, -0.2) is 4.98 Å². The molecule has 5 rings (SSSR count). The molecule has 2 aromatic heterocycles. The van der Waals surface area contributed by atoms with Crippen LogP contribution in [0.3, 0.4) is 0 Å². The van der Waals surface area contributed by atoms with Crippen LogP contribution < -0.4 is 0 Å². The zero-order chi connectivity index (χ0) is 26.6. The first kappa shape index (κ1) is 26.3. The van der Waals surface area contributed by atoms with Gasteiger partial charge < -0.3 is 14.9 Å². The molecule has 200 valence electrons. The fourth-order valence-corrected chi connectivity index (χ4v) is 6.56. The molecule has 0 unspecified atom stereocenters. The Morgan fingerprint density at radius 1 is 1.11 bits per heavy atom. The first-order chi connectivity index (χ1) is 18.5. The molecular weight excluding hydrogens is 500 g/mol. The molecule has 0 bridgehead atoms. The highest BCUT2D eigenvalue weighted by Crippen LogP contribution is 2.35. The van der Waals surface area contributed by atoms with Crippen molar-refractivity contribution in [3.63, 3.8) is 0 Å². The van der Waals surface area contributed by atoms with Crippen molar-refractivity contribution >= 4 is 40.0 Å². The van der Waals surface area contributed by atoms with Gasteiger partial charge in [-0.05, 0) is 37.3 Å². The maximum Gasteiger partial charge on any atom is 0.323 e. The molecule has 1 saturated heterocycles. The molecule has 3 heterocycles. The molecule has 1 aliphatic heterocycles. The first-order valence-corrected chi connectivity index (χ1v) is 14.3. The minimum atomic E-state index is -1.01. The quantitative estimate of drug-likeness (QED) is 0.458. The van der Waals surface area contributed by atoms with E-state index in [1.54, 1.807) is 11.3 Å². The van der Waals surface area contributed by atoms with Crippen LogP contribution >= 0.6 is 11.3 Å². The third kappa shape index (κ3) is 5.44. The van der Waals surface area contributed by atoms with Gasteiger partial charge in [0.1, 0.15) is 6.54 Å². The number of fused-ring (bicyclic) bond motifs is 1. The summed E-state index contributed by atoms with van der Waals surface area (Å²) in [7, 11) is 0. The highest BCUT2D eigenvalue weighted by atomic mass is 32.1. The molecule has 1 saturated carbocycles. The Kier molecular flexibility index (Phi) is 8.04. The van der Waals surface area contributed by atoms with Gasteiger partial charge in [-0.3, -0.25) is 19.3 Å². The van der Waals surface area contributed by atoms with Crippen molar-refractivity contribution in [2.24, 2.45) is 0 Å². The molecule has 0 atom stereocenters. The van der Waals surface area contributed by atoms with Crippen molar-refractivity contribution in [3.8, 4) is 10.6 Å². The number of carboxylic acids is 1. The summed E-state index contributed by atoms with van der Waals surface area (Å²) in [5.41, 5.74) is 3.07. The molecule has 1 aromatic carbocycles. The van der Waals surface area contributed by atoms with E-state index in [9.17, 15) is 14.4 Å². The summed E-state index contributed by atoms with van der Waals surface area (Å²) in [4.78, 5) is 49.8. The highest BCUT2D eigenvalue weighted by molar-refractivity contribution is 7.13. The molecule has 8 nitrogen and oxygen atoms in total. The fourth-order valence-electron chi connectivity index (χ4n) is 5.82. The Labute approximate surface area is 226 Å². The third-order valence-corrected chi connectivity index (χ3v) is 8.56. The number of carbonyl (C=O) groups excluding carboxylic acids is 2. The van der Waals surface area contributed by atoms with Crippen LogP contribution in [0.4, 0.5) is 0 Å². The number of nitrogens with zero attached hydrogens (tertiary/aromatic N) is 4. The van der Waals surface area contributed by atoms with Crippen LogP contribution in [0.1, 0.15) is 54.9 Å². The third-order valence-electron chi connectivity index (χ3n) is 7.68. The zero-order valence-corrected chi connectivity index (χ0v) is 22.6. The Morgan fingerprint density at radius 2 is 1.89 bits per heavy atom. The van der Waals surface area contributed by atoms with Gasteiger partial charge in [-0.2, -0.15) is 0 Å². The Hall–Kier alpha value is -3.30. The minimum Gasteiger partial charge on any atom is -0.480 e. The summed E-state index contributed by atoms with van der Waals surface area (Å²) in [6.45, 7) is 3.77. The van der Waals surface area contributed by atoms with E-state index in [0.717, 1.165) is 52.7 Å². The van der Waals surface area contributed by atoms with Crippen LogP contribution in [0.25, 0.3) is 21.5 Å². The van der Waals surface area contributed by atoms with Gasteiger partial charge in [0.25, 0.3) is 5.91 Å². The van der Waals surface area contributed by atoms with Gasteiger partial charge in [-0.1, -0.05) is 43.5 Å². The molecule has 2 fully saturated rings. The van der Waals surface area contributed by atoms with Crippen molar-refractivity contribution in [1.29, 1.82) is 0 Å². The summed E-state index contributed by atoms with van der Waals surface area (Å²) < 4.78 is 0. The van der Waals surface area contributed by atoms with Gasteiger partial charge in [0.05, 0.1) is 28.2 Å². The predicted octanol–water partition coefficient (Wildman–Crippen LogP) is 4.49. The number of hydrogen-bond acceptors (Lipinski definition) is 6. The Morgan fingerprint density at radius 3 is 2.58 bits per heavy atom. The van der Waals surface area contributed by atoms with Crippen molar-refractivity contribution in [2.75, 3.05) is 32.7 Å². The summed E-state index contributed by atoms with van der Waals surface area (Å²) in [6.07, 6.45) is 5.55. The molecule has 2 aliphatic rings. The molecule has 2 amide bonds. The van der Waals surface area contributed by atoms with Crippen molar-refractivity contribution < 1.29 is 19.5 Å². The number of rotatable bonds is 8. The first-order valence-electron chi connectivity index (χ1n) is 13.4. The average Bonchev–Trinajstić information content (AvgIpc) is 3.45. The van der Waals surface area contributed by atoms with Gasteiger partial charge in [0.2, 0.25) is 5.91 Å². The maximum atomic E-state index is 14.5. The minimum absolute atomic E-state index is 0.0293. The molecule has 1 aliphatic carbocycles. The van der Waals surface area contributed by atoms with Crippen molar-refractivity contribution in [1.82, 2.24) is 19.7 Å². The largest absolute Gasteiger partial charge is 0.480 e. The van der Waals surface area contributed by atoms with Crippen LogP contribution in [0.15, 0.2) is 41.8 Å². The van der Waals surface area contributed by atoms with Crippen LogP contribution in [0.5, 0.6) is 0 Å². The Balaban J connectivity index is 1.59. The van der Waals surface area contributed by atoms with E-state index in [-0.39, 0.29) is 30.9 Å². The molecule has 0 radical (unpaired) electrons. The molecule has 9 heteroatoms. The molecule has 38 heavy (non-hydrogen) atoms. The van der Waals surface area contributed by atoms with Gasteiger partial charge in [0, 0.05) is 43.2 Å². The summed E-state index contributed by atoms with van der Waals surface area (Å²) >= 11 is 1.58. The fraction of sp³-hybridized carbons (Fsp3) is 0.448. The van der Waals surface area contributed by atoms with Gasteiger partial charge >= 0.3 is 5.97 Å². The number of benzene rings is 1. The number of para-hydroxylation sites is 1. The number of piperazine rings is 1. The predicted molar refractivity (Wildman–Crippen MR) is 148 cm³/mol. The molecule has 3 aromatic rings. The normalized spacial score (nSPS) is 17.2. The summed E-state index contributed by atoms with van der Waals surface area (Å²) in [5, 5.41) is 12.0. The summed E-state index contributed by atoms with van der Waals surface area (Å²) in [6, 6.07) is 12.1. The topological polar surface area (TPSA) is 94.0 Å². The monoisotopic (exact) mass is 534 g/mol. The van der Waals surface area contributed by atoms with Crippen LogP contribution in [0.2, 0.25) is 0 Å². The van der Waals surface area contributed by atoms with E-state index in [4.69, 9.17) is 10.1 Å². The lowest BCUT2D eigenvalue weighted by molar-refractivity contribution is -0.147. The number of hydrogen-bond donors (Lipinski definition) is 1. The van der Waals surface area contributed by atoms with Crippen LogP contribution in [-0.4, -0.2) is 81.3 Å². The second-order valence-electron chi connectivity index (χ2n) is 10.1. The van der Waals surface area contributed by atoms with Gasteiger partial charge in [-0.15, -0.1) is 11.3 Å².